The average Bonchev–Trinajstić information content (AvgIpc) is 2.68. The molecule has 1 amide bonds. The van der Waals surface area contributed by atoms with E-state index in [-0.39, 0.29) is 0 Å². The lowest BCUT2D eigenvalue weighted by Gasteiger charge is -2.12. The Morgan fingerprint density at radius 2 is 1.63 bits per heavy atom. The SMILES string of the molecule is CN=C(NCCCc1ccc(C(C)C)cc1)NCc1ccc(C(N)=O)cc1. The van der Waals surface area contributed by atoms with Crippen molar-refractivity contribution in [3.63, 3.8) is 0 Å². The first-order chi connectivity index (χ1) is 13.0. The number of carbonyl (C=O) groups excluding carboxylic acids is 1. The molecule has 0 bridgehead atoms. The van der Waals surface area contributed by atoms with E-state index in [0.29, 0.717) is 18.0 Å². The normalized spacial score (nSPS) is 11.5. The molecule has 0 saturated heterocycles. The smallest absolute Gasteiger partial charge is 0.248 e. The van der Waals surface area contributed by atoms with E-state index >= 15 is 0 Å². The zero-order chi connectivity index (χ0) is 19.6. The number of nitrogens with one attached hydrogen (secondary N) is 2. The summed E-state index contributed by atoms with van der Waals surface area (Å²) >= 11 is 0. The fraction of sp³-hybridized carbons (Fsp3) is 0.364. The summed E-state index contributed by atoms with van der Waals surface area (Å²) in [7, 11) is 1.76. The summed E-state index contributed by atoms with van der Waals surface area (Å²) in [5, 5.41) is 6.61. The van der Waals surface area contributed by atoms with E-state index in [1.165, 1.54) is 11.1 Å². The van der Waals surface area contributed by atoms with Crippen LogP contribution in [0.25, 0.3) is 0 Å². The van der Waals surface area contributed by atoms with Gasteiger partial charge in [-0.25, -0.2) is 0 Å². The minimum Gasteiger partial charge on any atom is -0.366 e. The summed E-state index contributed by atoms with van der Waals surface area (Å²) in [6, 6.07) is 16.1. The molecule has 0 spiro atoms. The third-order valence-electron chi connectivity index (χ3n) is 4.50. The van der Waals surface area contributed by atoms with Gasteiger partial charge in [0.05, 0.1) is 0 Å². The van der Waals surface area contributed by atoms with Crippen LogP contribution in [0.3, 0.4) is 0 Å². The number of rotatable bonds is 8. The van der Waals surface area contributed by atoms with Crippen molar-refractivity contribution in [3.8, 4) is 0 Å². The van der Waals surface area contributed by atoms with E-state index in [0.717, 1.165) is 30.9 Å². The Hall–Kier alpha value is -2.82. The number of primary amides is 1. The third kappa shape index (κ3) is 6.77. The number of nitrogens with zero attached hydrogens (tertiary/aromatic N) is 1. The van der Waals surface area contributed by atoms with Crippen molar-refractivity contribution in [2.24, 2.45) is 10.7 Å². The molecule has 2 aromatic carbocycles. The van der Waals surface area contributed by atoms with Gasteiger partial charge in [0.2, 0.25) is 5.91 Å². The Bertz CT molecular complexity index is 749. The molecule has 0 saturated carbocycles. The molecule has 5 heteroatoms. The van der Waals surface area contributed by atoms with Crippen LogP contribution in [0.4, 0.5) is 0 Å². The molecule has 0 heterocycles. The Balaban J connectivity index is 1.71. The van der Waals surface area contributed by atoms with Crippen molar-refractivity contribution in [3.05, 3.63) is 70.8 Å². The maximum atomic E-state index is 11.1. The van der Waals surface area contributed by atoms with Gasteiger partial charge in [0.25, 0.3) is 0 Å². The van der Waals surface area contributed by atoms with Gasteiger partial charge in [-0.2, -0.15) is 0 Å². The summed E-state index contributed by atoms with van der Waals surface area (Å²) in [5.74, 6) is 0.928. The molecule has 27 heavy (non-hydrogen) atoms. The monoisotopic (exact) mass is 366 g/mol. The summed E-state index contributed by atoms with van der Waals surface area (Å²) in [5.41, 5.74) is 9.57. The molecule has 0 aliphatic heterocycles. The van der Waals surface area contributed by atoms with Crippen molar-refractivity contribution < 1.29 is 4.79 Å². The second-order valence-corrected chi connectivity index (χ2v) is 6.91. The van der Waals surface area contributed by atoms with E-state index in [9.17, 15) is 4.79 Å². The van der Waals surface area contributed by atoms with E-state index in [1.54, 1.807) is 19.2 Å². The van der Waals surface area contributed by atoms with Crippen LogP contribution in [0.1, 0.15) is 53.2 Å². The molecule has 0 aromatic heterocycles. The zero-order valence-corrected chi connectivity index (χ0v) is 16.5. The van der Waals surface area contributed by atoms with Gasteiger partial charge < -0.3 is 16.4 Å². The fourth-order valence-corrected chi connectivity index (χ4v) is 2.76. The summed E-state index contributed by atoms with van der Waals surface area (Å²) in [4.78, 5) is 15.3. The van der Waals surface area contributed by atoms with Gasteiger partial charge in [0.1, 0.15) is 0 Å². The number of hydrogen-bond donors (Lipinski definition) is 3. The Labute approximate surface area is 162 Å². The number of nitrogens with two attached hydrogens (primary N) is 1. The van der Waals surface area contributed by atoms with Gasteiger partial charge in [-0.15, -0.1) is 0 Å². The summed E-state index contributed by atoms with van der Waals surface area (Å²) in [6.45, 7) is 5.91. The van der Waals surface area contributed by atoms with Crippen molar-refractivity contribution in [1.82, 2.24) is 10.6 Å². The highest BCUT2D eigenvalue weighted by Crippen LogP contribution is 2.15. The minimum absolute atomic E-state index is 0.411. The van der Waals surface area contributed by atoms with Crippen molar-refractivity contribution in [2.45, 2.75) is 39.2 Å². The number of carbonyl (C=O) groups is 1. The van der Waals surface area contributed by atoms with Crippen LogP contribution in [0.5, 0.6) is 0 Å². The Kier molecular flexibility index (Phi) is 7.86. The Morgan fingerprint density at radius 1 is 1.00 bits per heavy atom. The quantitative estimate of drug-likeness (QED) is 0.381. The number of hydrogen-bond acceptors (Lipinski definition) is 2. The Morgan fingerprint density at radius 3 is 2.19 bits per heavy atom. The molecular formula is C22H30N4O. The van der Waals surface area contributed by atoms with E-state index in [1.807, 2.05) is 12.1 Å². The largest absolute Gasteiger partial charge is 0.366 e. The number of benzene rings is 2. The summed E-state index contributed by atoms with van der Waals surface area (Å²) < 4.78 is 0. The van der Waals surface area contributed by atoms with Crippen LogP contribution in [-0.2, 0) is 13.0 Å². The lowest BCUT2D eigenvalue weighted by molar-refractivity contribution is 0.100. The molecule has 2 aromatic rings. The van der Waals surface area contributed by atoms with Gasteiger partial charge in [0.15, 0.2) is 5.96 Å². The highest BCUT2D eigenvalue weighted by molar-refractivity contribution is 5.92. The standard InChI is InChI=1S/C22H30N4O/c1-16(2)19-10-6-17(7-11-19)5-4-14-25-22(24-3)26-15-18-8-12-20(13-9-18)21(23)27/h6-13,16H,4-5,14-15H2,1-3H3,(H2,23,27)(H2,24,25,26). The fourth-order valence-electron chi connectivity index (χ4n) is 2.76. The first-order valence-electron chi connectivity index (χ1n) is 9.41. The highest BCUT2D eigenvalue weighted by atomic mass is 16.1. The molecule has 0 atom stereocenters. The van der Waals surface area contributed by atoms with Crippen molar-refractivity contribution in [2.75, 3.05) is 13.6 Å². The molecule has 0 fully saturated rings. The lowest BCUT2D eigenvalue weighted by Crippen LogP contribution is -2.37. The number of guanidine groups is 1. The van der Waals surface area contributed by atoms with Gasteiger partial charge >= 0.3 is 0 Å². The summed E-state index contributed by atoms with van der Waals surface area (Å²) in [6.07, 6.45) is 2.08. The maximum absolute atomic E-state index is 11.1. The van der Waals surface area contributed by atoms with Crippen LogP contribution in [-0.4, -0.2) is 25.5 Å². The maximum Gasteiger partial charge on any atom is 0.248 e. The van der Waals surface area contributed by atoms with E-state index in [4.69, 9.17) is 5.73 Å². The minimum atomic E-state index is -0.411. The molecule has 2 rings (SSSR count). The molecule has 0 aliphatic carbocycles. The molecule has 0 radical (unpaired) electrons. The molecular weight excluding hydrogens is 336 g/mol. The molecule has 144 valence electrons. The number of aryl methyl sites for hydroxylation is 1. The first-order valence-corrected chi connectivity index (χ1v) is 9.41. The van der Waals surface area contributed by atoms with E-state index in [2.05, 4.69) is 53.7 Å². The van der Waals surface area contributed by atoms with Gasteiger partial charge in [-0.05, 0) is 47.6 Å². The van der Waals surface area contributed by atoms with Crippen LogP contribution in [0, 0.1) is 0 Å². The van der Waals surface area contributed by atoms with Crippen LogP contribution < -0.4 is 16.4 Å². The highest BCUT2D eigenvalue weighted by Gasteiger charge is 2.02. The van der Waals surface area contributed by atoms with Crippen LogP contribution >= 0.6 is 0 Å². The molecule has 5 nitrogen and oxygen atoms in total. The molecule has 0 unspecified atom stereocenters. The van der Waals surface area contributed by atoms with Crippen LogP contribution in [0.2, 0.25) is 0 Å². The second-order valence-electron chi connectivity index (χ2n) is 6.91. The first kappa shape index (κ1) is 20.5. The topological polar surface area (TPSA) is 79.5 Å². The number of amides is 1. The van der Waals surface area contributed by atoms with Crippen molar-refractivity contribution in [1.29, 1.82) is 0 Å². The van der Waals surface area contributed by atoms with Gasteiger partial charge in [0, 0.05) is 25.7 Å². The van der Waals surface area contributed by atoms with E-state index < -0.39 is 5.91 Å². The van der Waals surface area contributed by atoms with Crippen LogP contribution in [0.15, 0.2) is 53.5 Å². The molecule has 4 N–H and O–H groups in total. The predicted octanol–water partition coefficient (Wildman–Crippen LogP) is 3.21. The van der Waals surface area contributed by atoms with Gasteiger partial charge in [-0.3, -0.25) is 9.79 Å². The zero-order valence-electron chi connectivity index (χ0n) is 16.5. The number of aliphatic imine (C=N–C) groups is 1. The second kappa shape index (κ2) is 10.4. The lowest BCUT2D eigenvalue weighted by atomic mass is 10.0. The average molecular weight is 367 g/mol. The van der Waals surface area contributed by atoms with Gasteiger partial charge in [-0.1, -0.05) is 50.2 Å². The molecule has 0 aliphatic rings. The van der Waals surface area contributed by atoms with Crippen molar-refractivity contribution >= 4 is 11.9 Å². The third-order valence-corrected chi connectivity index (χ3v) is 4.50. The predicted molar refractivity (Wildman–Crippen MR) is 112 cm³/mol.